The third-order valence-corrected chi connectivity index (χ3v) is 6.75. The summed E-state index contributed by atoms with van der Waals surface area (Å²) in [4.78, 5) is 60.0. The lowest BCUT2D eigenvalue weighted by molar-refractivity contribution is -0.150. The van der Waals surface area contributed by atoms with E-state index in [2.05, 4.69) is 36.2 Å². The van der Waals surface area contributed by atoms with Crippen molar-refractivity contribution < 1.29 is 33.8 Å². The third-order valence-electron chi connectivity index (χ3n) is 6.49. The number of halogens is 1. The van der Waals surface area contributed by atoms with Crippen molar-refractivity contribution in [3.63, 3.8) is 0 Å². The van der Waals surface area contributed by atoms with Gasteiger partial charge >= 0.3 is 23.9 Å². The van der Waals surface area contributed by atoms with Crippen LogP contribution in [0.1, 0.15) is 42.1 Å². The lowest BCUT2D eigenvalue weighted by atomic mass is 10.1. The molecule has 226 valence electrons. The number of hydrogen-bond donors (Lipinski definition) is 5. The van der Waals surface area contributed by atoms with E-state index in [0.29, 0.717) is 23.3 Å². The number of esters is 1. The van der Waals surface area contributed by atoms with Crippen LogP contribution in [0, 0.1) is 0 Å². The van der Waals surface area contributed by atoms with E-state index in [4.69, 9.17) is 26.2 Å². The first-order valence-corrected chi connectivity index (χ1v) is 13.7. The molecule has 14 nitrogen and oxygen atoms in total. The minimum Gasteiger partial charge on any atom is -0.474 e. The van der Waals surface area contributed by atoms with Gasteiger partial charge in [-0.3, -0.25) is 9.59 Å². The number of nitrogens with zero attached hydrogens (tertiary/aromatic N) is 3. The minimum absolute atomic E-state index is 0.0751. The van der Waals surface area contributed by atoms with Gasteiger partial charge in [-0.05, 0) is 68.1 Å². The van der Waals surface area contributed by atoms with Crippen LogP contribution in [-0.2, 0) is 24.7 Å². The summed E-state index contributed by atoms with van der Waals surface area (Å²) in [7, 11) is 1.15. The van der Waals surface area contributed by atoms with Crippen molar-refractivity contribution in [2.45, 2.75) is 37.8 Å². The Morgan fingerprint density at radius 3 is 2.28 bits per heavy atom. The normalized spacial score (nSPS) is 13.7. The van der Waals surface area contributed by atoms with Gasteiger partial charge in [-0.25, -0.2) is 9.59 Å². The lowest BCUT2D eigenvalue weighted by Gasteiger charge is -2.19. The van der Waals surface area contributed by atoms with Gasteiger partial charge in [0, 0.05) is 22.8 Å². The number of carbonyl (C=O) groups excluding carboxylic acids is 3. The van der Waals surface area contributed by atoms with E-state index in [0.717, 1.165) is 25.5 Å². The molecule has 0 unspecified atom stereocenters. The molecule has 1 saturated carbocycles. The zero-order valence-electron chi connectivity index (χ0n) is 23.3. The highest BCUT2D eigenvalue weighted by molar-refractivity contribution is 6.31. The van der Waals surface area contributed by atoms with Gasteiger partial charge in [0.25, 0.3) is 5.91 Å². The number of hydrogen-bond acceptors (Lipinski definition) is 11. The van der Waals surface area contributed by atoms with Gasteiger partial charge in [-0.2, -0.15) is 15.0 Å². The van der Waals surface area contributed by atoms with Crippen LogP contribution in [-0.4, -0.2) is 70.1 Å². The van der Waals surface area contributed by atoms with Crippen molar-refractivity contribution in [3.05, 3.63) is 64.7 Å². The van der Waals surface area contributed by atoms with Crippen LogP contribution < -0.4 is 26.0 Å². The van der Waals surface area contributed by atoms with Crippen molar-refractivity contribution in [1.29, 1.82) is 0 Å². The number of nitrogens with one attached hydrogen (secondary N) is 4. The number of aromatic nitrogens is 3. The Balaban J connectivity index is 1.43. The Kier molecular flexibility index (Phi) is 9.93. The van der Waals surface area contributed by atoms with Crippen LogP contribution in [0.3, 0.4) is 0 Å². The number of carboxylic acid groups (broad SMARTS) is 1. The number of ether oxygens (including phenoxy) is 2. The molecular formula is C28H30ClN7O7. The summed E-state index contributed by atoms with van der Waals surface area (Å²) in [6.45, 7) is 2.01. The molecule has 5 N–H and O–H groups in total. The van der Waals surface area contributed by atoms with Crippen molar-refractivity contribution >= 4 is 52.9 Å². The summed E-state index contributed by atoms with van der Waals surface area (Å²) < 4.78 is 10.3. The van der Waals surface area contributed by atoms with E-state index in [-0.39, 0.29) is 36.0 Å². The van der Waals surface area contributed by atoms with Gasteiger partial charge in [0.1, 0.15) is 6.04 Å². The summed E-state index contributed by atoms with van der Waals surface area (Å²) in [5.74, 6) is -3.65. The molecule has 3 aromatic rings. The Bertz CT molecular complexity index is 1480. The molecule has 15 heteroatoms. The van der Waals surface area contributed by atoms with Gasteiger partial charge in [-0.15, -0.1) is 0 Å². The van der Waals surface area contributed by atoms with Crippen LogP contribution in [0.15, 0.2) is 48.5 Å². The average molecular weight is 612 g/mol. The molecule has 4 rings (SSSR count). The van der Waals surface area contributed by atoms with E-state index in [9.17, 15) is 19.2 Å². The predicted molar refractivity (Wildman–Crippen MR) is 155 cm³/mol. The molecule has 1 aliphatic carbocycles. The van der Waals surface area contributed by atoms with Gasteiger partial charge in [0.2, 0.25) is 11.9 Å². The first-order chi connectivity index (χ1) is 20.6. The van der Waals surface area contributed by atoms with Crippen LogP contribution in [0.4, 0.5) is 17.6 Å². The highest BCUT2D eigenvalue weighted by Crippen LogP contribution is 2.48. The van der Waals surface area contributed by atoms with Gasteiger partial charge < -0.3 is 35.8 Å². The molecule has 1 aromatic heterocycles. The van der Waals surface area contributed by atoms with E-state index in [1.165, 1.54) is 12.1 Å². The second-order valence-corrected chi connectivity index (χ2v) is 9.95. The Morgan fingerprint density at radius 2 is 1.67 bits per heavy atom. The quantitative estimate of drug-likeness (QED) is 0.140. The molecular weight excluding hydrogens is 582 g/mol. The van der Waals surface area contributed by atoms with Gasteiger partial charge in [0.15, 0.2) is 0 Å². The molecule has 1 fully saturated rings. The number of aliphatic carboxylic acids is 1. The second kappa shape index (κ2) is 13.8. The number of rotatable bonds is 13. The zero-order chi connectivity index (χ0) is 31.0. The Morgan fingerprint density at radius 1 is 1.00 bits per heavy atom. The second-order valence-electron chi connectivity index (χ2n) is 9.51. The fraction of sp³-hybridized carbons (Fsp3) is 0.321. The fourth-order valence-corrected chi connectivity index (χ4v) is 4.25. The smallest absolute Gasteiger partial charge is 0.394 e. The van der Waals surface area contributed by atoms with Crippen molar-refractivity contribution in [2.75, 3.05) is 30.9 Å². The molecule has 1 aliphatic rings. The van der Waals surface area contributed by atoms with Crippen LogP contribution in [0.2, 0.25) is 5.02 Å². The molecule has 2 amide bonds. The highest BCUT2D eigenvalue weighted by atomic mass is 35.5. The van der Waals surface area contributed by atoms with E-state index in [1.54, 1.807) is 12.1 Å². The number of carbonyl (C=O) groups is 4. The summed E-state index contributed by atoms with van der Waals surface area (Å²) >= 11 is 6.05. The molecule has 1 heterocycles. The topological polar surface area (TPSA) is 194 Å². The number of anilines is 3. The van der Waals surface area contributed by atoms with Gasteiger partial charge in [-0.1, -0.05) is 23.7 Å². The highest BCUT2D eigenvalue weighted by Gasteiger charge is 2.45. The van der Waals surface area contributed by atoms with Crippen molar-refractivity contribution in [3.8, 4) is 6.01 Å². The first kappa shape index (κ1) is 31.0. The summed E-state index contributed by atoms with van der Waals surface area (Å²) in [6, 6.07) is 13.0. The predicted octanol–water partition coefficient (Wildman–Crippen LogP) is 2.63. The lowest BCUT2D eigenvalue weighted by Crippen LogP contribution is -2.44. The Hall–Kier alpha value is -4.98. The summed E-state index contributed by atoms with van der Waals surface area (Å²) in [5, 5.41) is 20.5. The maximum Gasteiger partial charge on any atom is 0.394 e. The maximum absolute atomic E-state index is 12.8. The number of methoxy groups -OCH3 is 1. The molecule has 0 radical (unpaired) electrons. The largest absolute Gasteiger partial charge is 0.474 e. The number of benzene rings is 2. The van der Waals surface area contributed by atoms with Crippen LogP contribution in [0.25, 0.3) is 0 Å². The van der Waals surface area contributed by atoms with E-state index >= 15 is 0 Å². The van der Waals surface area contributed by atoms with E-state index < -0.39 is 29.8 Å². The first-order valence-electron chi connectivity index (χ1n) is 13.3. The molecule has 1 atom stereocenters. The molecule has 2 aromatic carbocycles. The molecule has 0 spiro atoms. The van der Waals surface area contributed by atoms with Crippen LogP contribution >= 0.6 is 11.6 Å². The summed E-state index contributed by atoms with van der Waals surface area (Å²) in [6.07, 6.45) is 1.71. The number of carboxylic acids is 1. The molecule has 43 heavy (non-hydrogen) atoms. The molecule has 0 bridgehead atoms. The maximum atomic E-state index is 12.8. The average Bonchev–Trinajstić information content (AvgIpc) is 3.77. The molecule has 0 saturated heterocycles. The van der Waals surface area contributed by atoms with Gasteiger partial charge in [0.05, 0.1) is 19.3 Å². The Labute approximate surface area is 251 Å². The SMILES string of the molecule is CCOc1nc(Nc2ccc(C(=O)N[C@@H](CCNC(=O)C(=O)O)C(=O)OC)cc2)nc(NC2(c3ccc(Cl)cc3)CC2)n1. The minimum atomic E-state index is -1.66. The standard InChI is InChI=1S/C28H30ClN7O7/c1-3-43-27-34-25(33-26(35-27)36-28(13-14-28)17-6-8-18(29)9-7-17)31-19-10-4-16(5-11-19)21(37)32-20(24(41)42-2)12-15-30-22(38)23(39)40/h4-11,20H,3,12-15H2,1-2H3,(H,30,38)(H,32,37)(H,39,40)(H2,31,33,34,35,36)/t20-/m0/s1. The fourth-order valence-electron chi connectivity index (χ4n) is 4.13. The monoisotopic (exact) mass is 611 g/mol. The van der Waals surface area contributed by atoms with Crippen LogP contribution in [0.5, 0.6) is 6.01 Å². The zero-order valence-corrected chi connectivity index (χ0v) is 24.1. The summed E-state index contributed by atoms with van der Waals surface area (Å²) in [5.41, 5.74) is 1.56. The number of amides is 2. The molecule has 0 aliphatic heterocycles. The third kappa shape index (κ3) is 8.29. The van der Waals surface area contributed by atoms with Crippen molar-refractivity contribution in [1.82, 2.24) is 25.6 Å². The van der Waals surface area contributed by atoms with Crippen molar-refractivity contribution in [2.24, 2.45) is 0 Å². The van der Waals surface area contributed by atoms with E-state index in [1.807, 2.05) is 31.2 Å².